The maximum absolute atomic E-state index is 13.9. The van der Waals surface area contributed by atoms with Crippen molar-refractivity contribution >= 4 is 11.8 Å². The molecule has 2 amide bonds. The van der Waals surface area contributed by atoms with E-state index in [0.29, 0.717) is 30.7 Å². The van der Waals surface area contributed by atoms with Crippen molar-refractivity contribution < 1.29 is 14.0 Å². The van der Waals surface area contributed by atoms with E-state index in [-0.39, 0.29) is 41.5 Å². The molecular weight excluding hydrogens is 447 g/mol. The van der Waals surface area contributed by atoms with Crippen LogP contribution in [0, 0.1) is 5.82 Å². The summed E-state index contributed by atoms with van der Waals surface area (Å²) >= 11 is 0. The van der Waals surface area contributed by atoms with Gasteiger partial charge < -0.3 is 15.2 Å². The highest BCUT2D eigenvalue weighted by molar-refractivity contribution is 5.93. The number of rotatable bonds is 4. The van der Waals surface area contributed by atoms with Crippen molar-refractivity contribution in [3.63, 3.8) is 0 Å². The van der Waals surface area contributed by atoms with E-state index in [2.05, 4.69) is 15.3 Å². The molecule has 2 aromatic carbocycles. The molecule has 3 aromatic rings. The van der Waals surface area contributed by atoms with E-state index in [1.807, 2.05) is 36.4 Å². The lowest BCUT2D eigenvalue weighted by Crippen LogP contribution is -2.49. The number of benzene rings is 2. The van der Waals surface area contributed by atoms with Crippen LogP contribution < -0.4 is 10.9 Å². The number of H-pyrrole nitrogens is 1. The highest BCUT2D eigenvalue weighted by Crippen LogP contribution is 2.33. The molecule has 0 bridgehead atoms. The summed E-state index contributed by atoms with van der Waals surface area (Å²) in [4.78, 5) is 47.7. The molecule has 0 unspecified atom stereocenters. The normalized spacial score (nSPS) is 22.1. The quantitative estimate of drug-likeness (QED) is 0.606. The Morgan fingerprint density at radius 3 is 2.69 bits per heavy atom. The number of nitrogens with zero attached hydrogens (tertiary/aromatic N) is 2. The first-order valence-electron chi connectivity index (χ1n) is 12.0. The summed E-state index contributed by atoms with van der Waals surface area (Å²) in [6, 6.07) is 16.1. The minimum atomic E-state index is -0.411. The summed E-state index contributed by atoms with van der Waals surface area (Å²) in [5, 5.41) is 3.10. The van der Waals surface area contributed by atoms with Crippen molar-refractivity contribution in [1.29, 1.82) is 0 Å². The van der Waals surface area contributed by atoms with Gasteiger partial charge in [-0.15, -0.1) is 0 Å². The van der Waals surface area contributed by atoms with Gasteiger partial charge in [0.2, 0.25) is 5.91 Å². The third-order valence-corrected chi connectivity index (χ3v) is 6.84. The van der Waals surface area contributed by atoms with Gasteiger partial charge in [0.05, 0.1) is 12.1 Å². The van der Waals surface area contributed by atoms with E-state index < -0.39 is 5.56 Å². The second-order valence-corrected chi connectivity index (χ2v) is 9.27. The lowest BCUT2D eigenvalue weighted by atomic mass is 9.97. The van der Waals surface area contributed by atoms with Crippen LogP contribution in [-0.2, 0) is 11.2 Å². The fourth-order valence-electron chi connectivity index (χ4n) is 5.31. The first-order chi connectivity index (χ1) is 17.0. The molecular formula is C27H27FN4O3. The van der Waals surface area contributed by atoms with Crippen LogP contribution in [-0.4, -0.2) is 44.8 Å². The van der Waals surface area contributed by atoms with Crippen LogP contribution in [0.3, 0.4) is 0 Å². The van der Waals surface area contributed by atoms with Crippen LogP contribution in [0.1, 0.15) is 48.2 Å². The van der Waals surface area contributed by atoms with Gasteiger partial charge in [-0.25, -0.2) is 9.37 Å². The summed E-state index contributed by atoms with van der Waals surface area (Å²) < 4.78 is 13.9. The fraction of sp³-hybridized carbons (Fsp3) is 0.333. The van der Waals surface area contributed by atoms with E-state index >= 15 is 0 Å². The SMILES string of the molecule is O=C1CCCC[C@@H]2[C@H](C[C@@H](Cc3cccc(F)c3)N2C(=O)c2cc(=O)[nH]c(-c3ccccc3)n2)N1. The maximum atomic E-state index is 13.9. The Labute approximate surface area is 202 Å². The van der Waals surface area contributed by atoms with Crippen molar-refractivity contribution in [3.8, 4) is 11.4 Å². The molecule has 2 fully saturated rings. The van der Waals surface area contributed by atoms with Crippen molar-refractivity contribution in [2.24, 2.45) is 0 Å². The van der Waals surface area contributed by atoms with E-state index in [9.17, 15) is 18.8 Å². The van der Waals surface area contributed by atoms with Crippen LogP contribution in [0.4, 0.5) is 4.39 Å². The largest absolute Gasteiger partial charge is 0.351 e. The summed E-state index contributed by atoms with van der Waals surface area (Å²) in [6.07, 6.45) is 3.80. The van der Waals surface area contributed by atoms with Gasteiger partial charge in [0.15, 0.2) is 0 Å². The van der Waals surface area contributed by atoms with Gasteiger partial charge >= 0.3 is 0 Å². The van der Waals surface area contributed by atoms with Crippen LogP contribution in [0.25, 0.3) is 11.4 Å². The summed E-state index contributed by atoms with van der Waals surface area (Å²) in [6.45, 7) is 0. The van der Waals surface area contributed by atoms with E-state index in [1.54, 1.807) is 11.0 Å². The van der Waals surface area contributed by atoms with Crippen molar-refractivity contribution in [2.45, 2.75) is 56.7 Å². The summed E-state index contributed by atoms with van der Waals surface area (Å²) in [7, 11) is 0. The number of aromatic nitrogens is 2. The number of amides is 2. The first-order valence-corrected chi connectivity index (χ1v) is 12.0. The van der Waals surface area contributed by atoms with E-state index in [0.717, 1.165) is 24.8 Å². The van der Waals surface area contributed by atoms with Crippen molar-refractivity contribution in [3.05, 3.63) is 88.1 Å². The molecule has 2 saturated heterocycles. The highest BCUT2D eigenvalue weighted by Gasteiger charge is 2.45. The number of aromatic amines is 1. The standard InChI is InChI=1S/C27H27FN4O3/c28-19-10-6-7-17(13-19)14-20-15-21-23(11-4-5-12-24(33)29-21)32(20)27(35)22-16-25(34)31-26(30-22)18-8-2-1-3-9-18/h1-3,6-10,13,16,20-21,23H,4-5,11-12,14-15H2,(H,29,33)(H,30,31,34)/t20-,21+,23-/m1/s1. The molecule has 0 saturated carbocycles. The van der Waals surface area contributed by atoms with Gasteiger partial charge in [-0.1, -0.05) is 48.9 Å². The van der Waals surface area contributed by atoms with Gasteiger partial charge in [0.25, 0.3) is 11.5 Å². The Kier molecular flexibility index (Phi) is 6.44. The molecule has 35 heavy (non-hydrogen) atoms. The average molecular weight is 475 g/mol. The number of carbonyl (C=O) groups excluding carboxylic acids is 2. The van der Waals surface area contributed by atoms with Gasteiger partial charge in [-0.05, 0) is 43.4 Å². The van der Waals surface area contributed by atoms with Gasteiger partial charge in [0, 0.05) is 24.1 Å². The number of carbonyl (C=O) groups is 2. The Hall–Kier alpha value is -3.81. The molecule has 7 nitrogen and oxygen atoms in total. The Morgan fingerprint density at radius 2 is 1.89 bits per heavy atom. The lowest BCUT2D eigenvalue weighted by molar-refractivity contribution is -0.122. The zero-order chi connectivity index (χ0) is 24.4. The molecule has 3 heterocycles. The minimum absolute atomic E-state index is 0.0147. The second kappa shape index (κ2) is 9.82. The predicted molar refractivity (Wildman–Crippen MR) is 129 cm³/mol. The molecule has 0 spiro atoms. The third-order valence-electron chi connectivity index (χ3n) is 6.84. The van der Waals surface area contributed by atoms with Gasteiger partial charge in [-0.3, -0.25) is 14.4 Å². The molecule has 2 aliphatic rings. The molecule has 0 radical (unpaired) electrons. The molecule has 2 aliphatic heterocycles. The van der Waals surface area contributed by atoms with Crippen LogP contribution in [0.2, 0.25) is 0 Å². The highest BCUT2D eigenvalue weighted by atomic mass is 19.1. The number of likely N-dealkylation sites (tertiary alicyclic amines) is 1. The minimum Gasteiger partial charge on any atom is -0.351 e. The zero-order valence-electron chi connectivity index (χ0n) is 19.2. The van der Waals surface area contributed by atoms with E-state index in [1.165, 1.54) is 18.2 Å². The third kappa shape index (κ3) is 5.01. The Bertz CT molecular complexity index is 1290. The fourth-order valence-corrected chi connectivity index (χ4v) is 5.31. The molecule has 0 aliphatic carbocycles. The predicted octanol–water partition coefficient (Wildman–Crippen LogP) is 3.46. The van der Waals surface area contributed by atoms with Crippen LogP contribution >= 0.6 is 0 Å². The summed E-state index contributed by atoms with van der Waals surface area (Å²) in [5.41, 5.74) is 1.13. The second-order valence-electron chi connectivity index (χ2n) is 9.27. The topological polar surface area (TPSA) is 95.2 Å². The average Bonchev–Trinajstić information content (AvgIpc) is 3.15. The lowest BCUT2D eigenvalue weighted by Gasteiger charge is -2.33. The molecule has 2 N–H and O–H groups in total. The Morgan fingerprint density at radius 1 is 1.06 bits per heavy atom. The zero-order valence-corrected chi connectivity index (χ0v) is 19.2. The smallest absolute Gasteiger partial charge is 0.273 e. The molecule has 3 atom stereocenters. The number of nitrogens with one attached hydrogen (secondary N) is 2. The summed E-state index contributed by atoms with van der Waals surface area (Å²) in [5.74, 6) is -0.373. The van der Waals surface area contributed by atoms with Crippen LogP contribution in [0.5, 0.6) is 0 Å². The van der Waals surface area contributed by atoms with Crippen molar-refractivity contribution in [1.82, 2.24) is 20.2 Å². The first kappa shape index (κ1) is 23.0. The number of hydrogen-bond donors (Lipinski definition) is 2. The van der Waals surface area contributed by atoms with Crippen LogP contribution in [0.15, 0.2) is 65.5 Å². The number of hydrogen-bond acceptors (Lipinski definition) is 4. The van der Waals surface area contributed by atoms with Gasteiger partial charge in [0.1, 0.15) is 17.3 Å². The molecule has 8 heteroatoms. The maximum Gasteiger partial charge on any atom is 0.273 e. The number of halogens is 1. The van der Waals surface area contributed by atoms with Gasteiger partial charge in [-0.2, -0.15) is 0 Å². The van der Waals surface area contributed by atoms with E-state index in [4.69, 9.17) is 0 Å². The molecule has 5 rings (SSSR count). The number of fused-ring (bicyclic) bond motifs is 1. The monoisotopic (exact) mass is 474 g/mol. The molecule has 1 aromatic heterocycles. The molecule has 180 valence electrons. The Balaban J connectivity index is 1.52. The van der Waals surface area contributed by atoms with Crippen molar-refractivity contribution in [2.75, 3.05) is 0 Å².